The maximum atomic E-state index is 5.48. The standard InChI is InChI=1S/C14H33NO2Si/c1-16-18(3,17-2)14-12-10-8-6-4-5-7-9-11-13-15/h4-15H2,1-3H3. The molecule has 0 heterocycles. The van der Waals surface area contributed by atoms with Gasteiger partial charge in [-0.1, -0.05) is 51.4 Å². The zero-order valence-electron chi connectivity index (χ0n) is 12.7. The lowest BCUT2D eigenvalue weighted by Crippen LogP contribution is -2.35. The molecule has 0 aromatic heterocycles. The highest BCUT2D eigenvalue weighted by atomic mass is 28.4. The average Bonchev–Trinajstić information content (AvgIpc) is 2.40. The number of rotatable bonds is 13. The van der Waals surface area contributed by atoms with Crippen LogP contribution in [0.5, 0.6) is 0 Å². The molecule has 3 nitrogen and oxygen atoms in total. The zero-order chi connectivity index (χ0) is 13.7. The number of hydrogen-bond donors (Lipinski definition) is 1. The molecule has 0 amide bonds. The highest BCUT2D eigenvalue weighted by Crippen LogP contribution is 2.17. The highest BCUT2D eigenvalue weighted by molar-refractivity contribution is 6.65. The normalized spacial score (nSPS) is 12.0. The highest BCUT2D eigenvalue weighted by Gasteiger charge is 2.27. The minimum Gasteiger partial charge on any atom is -0.398 e. The first-order valence-electron chi connectivity index (χ1n) is 7.49. The molecule has 0 fully saturated rings. The number of hydrogen-bond acceptors (Lipinski definition) is 3. The molecule has 0 saturated heterocycles. The molecule has 110 valence electrons. The van der Waals surface area contributed by atoms with E-state index in [-0.39, 0.29) is 0 Å². The Balaban J connectivity index is 3.21. The van der Waals surface area contributed by atoms with Crippen LogP contribution in [0.2, 0.25) is 12.6 Å². The number of nitrogens with two attached hydrogens (primary N) is 1. The molecule has 0 aromatic carbocycles. The third-order valence-corrected chi connectivity index (χ3v) is 6.69. The van der Waals surface area contributed by atoms with Crippen LogP contribution in [0.1, 0.15) is 57.8 Å². The van der Waals surface area contributed by atoms with Crippen molar-refractivity contribution in [1.82, 2.24) is 0 Å². The number of unbranched alkanes of at least 4 members (excludes halogenated alkanes) is 8. The van der Waals surface area contributed by atoms with Gasteiger partial charge in [0.05, 0.1) is 0 Å². The fraction of sp³-hybridized carbons (Fsp3) is 1.00. The van der Waals surface area contributed by atoms with Gasteiger partial charge < -0.3 is 14.6 Å². The lowest BCUT2D eigenvalue weighted by atomic mass is 10.1. The van der Waals surface area contributed by atoms with Crippen LogP contribution >= 0.6 is 0 Å². The van der Waals surface area contributed by atoms with Crippen molar-refractivity contribution in [2.24, 2.45) is 5.73 Å². The molecule has 0 saturated carbocycles. The topological polar surface area (TPSA) is 44.5 Å². The fourth-order valence-corrected chi connectivity index (χ4v) is 3.58. The summed E-state index contributed by atoms with van der Waals surface area (Å²) in [4.78, 5) is 0. The van der Waals surface area contributed by atoms with E-state index in [2.05, 4.69) is 6.55 Å². The van der Waals surface area contributed by atoms with Crippen LogP contribution in [-0.4, -0.2) is 29.3 Å². The van der Waals surface area contributed by atoms with E-state index in [1.54, 1.807) is 14.2 Å². The van der Waals surface area contributed by atoms with Crippen molar-refractivity contribution < 1.29 is 8.85 Å². The van der Waals surface area contributed by atoms with E-state index in [0.717, 1.165) is 12.6 Å². The minimum absolute atomic E-state index is 0.849. The fourth-order valence-electron chi connectivity index (χ4n) is 2.12. The molecule has 4 heteroatoms. The molecule has 0 aromatic rings. The van der Waals surface area contributed by atoms with E-state index in [0.29, 0.717) is 0 Å². The van der Waals surface area contributed by atoms with Gasteiger partial charge in [-0.15, -0.1) is 0 Å². The van der Waals surface area contributed by atoms with Crippen molar-refractivity contribution in [3.05, 3.63) is 0 Å². The Morgan fingerprint density at radius 3 is 1.50 bits per heavy atom. The van der Waals surface area contributed by atoms with Crippen LogP contribution in [-0.2, 0) is 8.85 Å². The van der Waals surface area contributed by atoms with E-state index in [4.69, 9.17) is 14.6 Å². The predicted molar refractivity (Wildman–Crippen MR) is 81.1 cm³/mol. The van der Waals surface area contributed by atoms with Gasteiger partial charge in [-0.05, 0) is 25.6 Å². The second-order valence-corrected chi connectivity index (χ2v) is 8.85. The third kappa shape index (κ3) is 10.1. The second-order valence-electron chi connectivity index (χ2n) is 5.26. The lowest BCUT2D eigenvalue weighted by Gasteiger charge is -2.22. The summed E-state index contributed by atoms with van der Waals surface area (Å²) >= 11 is 0. The smallest absolute Gasteiger partial charge is 0.334 e. The van der Waals surface area contributed by atoms with Crippen molar-refractivity contribution in [3.63, 3.8) is 0 Å². The maximum Gasteiger partial charge on any atom is 0.334 e. The molecule has 0 bridgehead atoms. The molecule has 0 rings (SSSR count). The Hall–Kier alpha value is 0.0969. The molecule has 18 heavy (non-hydrogen) atoms. The van der Waals surface area contributed by atoms with Crippen molar-refractivity contribution >= 4 is 8.56 Å². The third-order valence-electron chi connectivity index (χ3n) is 3.70. The van der Waals surface area contributed by atoms with Gasteiger partial charge in [-0.3, -0.25) is 0 Å². The molecule has 0 radical (unpaired) electrons. The summed E-state index contributed by atoms with van der Waals surface area (Å²) in [5.74, 6) is 0. The summed E-state index contributed by atoms with van der Waals surface area (Å²) in [6.07, 6.45) is 11.9. The molecular weight excluding hydrogens is 242 g/mol. The van der Waals surface area contributed by atoms with Gasteiger partial charge in [0.2, 0.25) is 0 Å². The quantitative estimate of drug-likeness (QED) is 0.410. The van der Waals surface area contributed by atoms with Crippen LogP contribution in [0.3, 0.4) is 0 Å². The van der Waals surface area contributed by atoms with Gasteiger partial charge in [-0.2, -0.15) is 0 Å². The van der Waals surface area contributed by atoms with Crippen LogP contribution in [0.25, 0.3) is 0 Å². The van der Waals surface area contributed by atoms with Gasteiger partial charge in [-0.25, -0.2) is 0 Å². The molecule has 2 N–H and O–H groups in total. The molecule has 0 aliphatic carbocycles. The van der Waals surface area contributed by atoms with Crippen molar-refractivity contribution in [3.8, 4) is 0 Å². The van der Waals surface area contributed by atoms with Crippen molar-refractivity contribution in [2.45, 2.75) is 70.4 Å². The lowest BCUT2D eigenvalue weighted by molar-refractivity contribution is 0.248. The van der Waals surface area contributed by atoms with Crippen LogP contribution < -0.4 is 5.73 Å². The van der Waals surface area contributed by atoms with Gasteiger partial charge in [0.1, 0.15) is 0 Å². The Labute approximate surface area is 115 Å². The summed E-state index contributed by atoms with van der Waals surface area (Å²) < 4.78 is 11.0. The summed E-state index contributed by atoms with van der Waals surface area (Å²) in [6, 6.07) is 1.12. The van der Waals surface area contributed by atoms with E-state index in [1.165, 1.54) is 57.8 Å². The van der Waals surface area contributed by atoms with Crippen molar-refractivity contribution in [2.75, 3.05) is 20.8 Å². The Morgan fingerprint density at radius 2 is 1.11 bits per heavy atom. The first kappa shape index (κ1) is 18.1. The van der Waals surface area contributed by atoms with E-state index < -0.39 is 8.56 Å². The second kappa shape index (κ2) is 12.1. The minimum atomic E-state index is -1.80. The van der Waals surface area contributed by atoms with E-state index >= 15 is 0 Å². The van der Waals surface area contributed by atoms with Crippen LogP contribution in [0.15, 0.2) is 0 Å². The van der Waals surface area contributed by atoms with E-state index in [1.807, 2.05) is 0 Å². The molecular formula is C14H33NO2Si. The zero-order valence-corrected chi connectivity index (χ0v) is 13.7. The summed E-state index contributed by atoms with van der Waals surface area (Å²) in [5.41, 5.74) is 5.47. The molecule has 0 aliphatic rings. The molecule has 0 spiro atoms. The summed E-state index contributed by atoms with van der Waals surface area (Å²) in [6.45, 7) is 2.99. The van der Waals surface area contributed by atoms with Gasteiger partial charge >= 0.3 is 8.56 Å². The monoisotopic (exact) mass is 275 g/mol. The largest absolute Gasteiger partial charge is 0.398 e. The van der Waals surface area contributed by atoms with E-state index in [9.17, 15) is 0 Å². The molecule has 0 aliphatic heterocycles. The summed E-state index contributed by atoms with van der Waals surface area (Å²) in [7, 11) is 1.75. The van der Waals surface area contributed by atoms with Gasteiger partial charge in [0.25, 0.3) is 0 Å². The first-order valence-corrected chi connectivity index (χ1v) is 10.0. The predicted octanol–water partition coefficient (Wildman–Crippen LogP) is 3.82. The van der Waals surface area contributed by atoms with Gasteiger partial charge in [0, 0.05) is 14.2 Å². The van der Waals surface area contributed by atoms with Gasteiger partial charge in [0.15, 0.2) is 0 Å². The molecule has 0 unspecified atom stereocenters. The Kier molecular flexibility index (Phi) is 12.2. The van der Waals surface area contributed by atoms with Crippen LogP contribution in [0.4, 0.5) is 0 Å². The SMILES string of the molecule is CO[Si](C)(CCCCCCCCCCCN)OC. The first-order chi connectivity index (χ1) is 8.68. The van der Waals surface area contributed by atoms with Crippen molar-refractivity contribution in [1.29, 1.82) is 0 Å². The van der Waals surface area contributed by atoms with Crippen LogP contribution in [0, 0.1) is 0 Å². The maximum absolute atomic E-state index is 5.48. The Bertz CT molecular complexity index is 175. The molecule has 0 atom stereocenters. The summed E-state index contributed by atoms with van der Waals surface area (Å²) in [5, 5.41) is 0. The average molecular weight is 276 g/mol. The Morgan fingerprint density at radius 1 is 0.722 bits per heavy atom.